The molecule has 0 radical (unpaired) electrons. The Hall–Kier alpha value is 0.440. The Balaban J connectivity index is 1.98. The van der Waals surface area contributed by atoms with Gasteiger partial charge in [0.05, 0.1) is 6.10 Å². The van der Waals surface area contributed by atoms with Crippen molar-refractivity contribution in [1.29, 1.82) is 0 Å². The molecule has 12 heavy (non-hydrogen) atoms. The topological polar surface area (TPSA) is 20.2 Å². The molecule has 2 aliphatic rings. The molecule has 2 fully saturated rings. The SMILES string of the molecule is OC1CC2CCCCC2CC1Br. The van der Waals surface area contributed by atoms with E-state index in [1.807, 2.05) is 0 Å². The van der Waals surface area contributed by atoms with Crippen LogP contribution in [-0.4, -0.2) is 16.0 Å². The highest BCUT2D eigenvalue weighted by atomic mass is 79.9. The smallest absolute Gasteiger partial charge is 0.0668 e. The molecule has 0 aromatic heterocycles. The van der Waals surface area contributed by atoms with E-state index in [4.69, 9.17) is 0 Å². The van der Waals surface area contributed by atoms with Crippen LogP contribution in [0.4, 0.5) is 0 Å². The highest BCUT2D eigenvalue weighted by Crippen LogP contribution is 2.42. The maximum Gasteiger partial charge on any atom is 0.0668 e. The second-order valence-electron chi connectivity index (χ2n) is 4.36. The Kier molecular flexibility index (Phi) is 2.75. The Bertz CT molecular complexity index is 142. The van der Waals surface area contributed by atoms with E-state index < -0.39 is 0 Å². The number of halogens is 1. The van der Waals surface area contributed by atoms with Crippen molar-refractivity contribution in [3.05, 3.63) is 0 Å². The molecule has 0 aromatic carbocycles. The molecule has 0 spiro atoms. The van der Waals surface area contributed by atoms with Crippen LogP contribution in [-0.2, 0) is 0 Å². The van der Waals surface area contributed by atoms with Gasteiger partial charge in [-0.2, -0.15) is 0 Å². The lowest BCUT2D eigenvalue weighted by atomic mass is 9.70. The summed E-state index contributed by atoms with van der Waals surface area (Å²) < 4.78 is 0. The normalized spacial score (nSPS) is 48.5. The van der Waals surface area contributed by atoms with E-state index in [2.05, 4.69) is 15.9 Å². The zero-order chi connectivity index (χ0) is 8.55. The maximum atomic E-state index is 9.67. The van der Waals surface area contributed by atoms with E-state index in [0.29, 0.717) is 4.83 Å². The highest BCUT2D eigenvalue weighted by Gasteiger charge is 2.35. The molecule has 1 N–H and O–H groups in total. The predicted molar refractivity (Wildman–Crippen MR) is 53.4 cm³/mol. The minimum atomic E-state index is -0.0793. The van der Waals surface area contributed by atoms with E-state index in [0.717, 1.165) is 18.3 Å². The molecule has 0 amide bonds. The predicted octanol–water partition coefficient (Wildman–Crippen LogP) is 2.71. The van der Waals surface area contributed by atoms with Crippen molar-refractivity contribution in [1.82, 2.24) is 0 Å². The average Bonchev–Trinajstić information content (AvgIpc) is 2.07. The molecule has 0 heterocycles. The molecule has 2 saturated carbocycles. The first-order chi connectivity index (χ1) is 5.77. The van der Waals surface area contributed by atoms with Crippen molar-refractivity contribution in [2.45, 2.75) is 49.5 Å². The van der Waals surface area contributed by atoms with E-state index in [-0.39, 0.29) is 6.10 Å². The average molecular weight is 233 g/mol. The minimum Gasteiger partial charge on any atom is -0.392 e. The van der Waals surface area contributed by atoms with Crippen molar-refractivity contribution < 1.29 is 5.11 Å². The monoisotopic (exact) mass is 232 g/mol. The van der Waals surface area contributed by atoms with Crippen molar-refractivity contribution >= 4 is 15.9 Å². The Morgan fingerprint density at radius 2 is 1.58 bits per heavy atom. The number of aliphatic hydroxyl groups is 1. The first-order valence-electron chi connectivity index (χ1n) is 5.09. The van der Waals surface area contributed by atoms with Gasteiger partial charge in [0.2, 0.25) is 0 Å². The largest absolute Gasteiger partial charge is 0.392 e. The summed E-state index contributed by atoms with van der Waals surface area (Å²) in [5, 5.41) is 9.67. The van der Waals surface area contributed by atoms with Gasteiger partial charge in [-0.1, -0.05) is 41.6 Å². The van der Waals surface area contributed by atoms with E-state index in [1.54, 1.807) is 0 Å². The molecule has 0 saturated heterocycles. The molecule has 70 valence electrons. The number of rotatable bonds is 0. The molecule has 1 nitrogen and oxygen atoms in total. The summed E-state index contributed by atoms with van der Waals surface area (Å²) in [5.41, 5.74) is 0. The Labute approximate surface area is 82.7 Å². The molecule has 0 aromatic rings. The van der Waals surface area contributed by atoms with Gasteiger partial charge in [-0.05, 0) is 24.7 Å². The van der Waals surface area contributed by atoms with E-state index >= 15 is 0 Å². The summed E-state index contributed by atoms with van der Waals surface area (Å²) >= 11 is 3.57. The fraction of sp³-hybridized carbons (Fsp3) is 1.00. The van der Waals surface area contributed by atoms with Gasteiger partial charge in [0.25, 0.3) is 0 Å². The van der Waals surface area contributed by atoms with Gasteiger partial charge in [-0.3, -0.25) is 0 Å². The number of fused-ring (bicyclic) bond motifs is 1. The van der Waals surface area contributed by atoms with Crippen LogP contribution in [0.3, 0.4) is 0 Å². The third-order valence-electron chi connectivity index (χ3n) is 3.56. The lowest BCUT2D eigenvalue weighted by molar-refractivity contribution is 0.0568. The van der Waals surface area contributed by atoms with Crippen LogP contribution in [0.15, 0.2) is 0 Å². The molecular weight excluding hydrogens is 216 g/mol. The van der Waals surface area contributed by atoms with Gasteiger partial charge in [0.15, 0.2) is 0 Å². The second-order valence-corrected chi connectivity index (χ2v) is 5.54. The van der Waals surface area contributed by atoms with Crippen molar-refractivity contribution in [2.24, 2.45) is 11.8 Å². The first kappa shape index (κ1) is 9.01. The van der Waals surface area contributed by atoms with Crippen LogP contribution in [0.2, 0.25) is 0 Å². The lowest BCUT2D eigenvalue weighted by Crippen LogP contribution is -2.37. The summed E-state index contributed by atoms with van der Waals surface area (Å²) in [6, 6.07) is 0. The number of hydrogen-bond acceptors (Lipinski definition) is 1. The van der Waals surface area contributed by atoms with Gasteiger partial charge < -0.3 is 5.11 Å². The number of hydrogen-bond donors (Lipinski definition) is 1. The van der Waals surface area contributed by atoms with Crippen LogP contribution >= 0.6 is 15.9 Å². The summed E-state index contributed by atoms with van der Waals surface area (Å²) in [5.74, 6) is 1.74. The van der Waals surface area contributed by atoms with Crippen LogP contribution in [0.25, 0.3) is 0 Å². The zero-order valence-corrected chi connectivity index (χ0v) is 8.96. The van der Waals surface area contributed by atoms with Crippen LogP contribution < -0.4 is 0 Å². The number of aliphatic hydroxyl groups excluding tert-OH is 1. The molecule has 0 bridgehead atoms. The third-order valence-corrected chi connectivity index (χ3v) is 4.54. The fourth-order valence-electron chi connectivity index (χ4n) is 2.81. The molecule has 2 heteroatoms. The molecule has 2 aliphatic carbocycles. The van der Waals surface area contributed by atoms with Gasteiger partial charge >= 0.3 is 0 Å². The Morgan fingerprint density at radius 3 is 2.25 bits per heavy atom. The quantitative estimate of drug-likeness (QED) is 0.638. The second kappa shape index (κ2) is 3.67. The van der Waals surface area contributed by atoms with Gasteiger partial charge in [-0.25, -0.2) is 0 Å². The van der Waals surface area contributed by atoms with Crippen molar-refractivity contribution in [3.63, 3.8) is 0 Å². The van der Waals surface area contributed by atoms with Gasteiger partial charge in [-0.15, -0.1) is 0 Å². The molecule has 2 rings (SSSR count). The molecule has 0 aliphatic heterocycles. The third kappa shape index (κ3) is 1.69. The first-order valence-corrected chi connectivity index (χ1v) is 6.01. The summed E-state index contributed by atoms with van der Waals surface area (Å²) in [4.78, 5) is 0.372. The maximum absolute atomic E-state index is 9.67. The van der Waals surface area contributed by atoms with E-state index in [1.165, 1.54) is 32.1 Å². The van der Waals surface area contributed by atoms with Crippen LogP contribution in [0, 0.1) is 11.8 Å². The van der Waals surface area contributed by atoms with Gasteiger partial charge in [0, 0.05) is 4.83 Å². The van der Waals surface area contributed by atoms with Crippen molar-refractivity contribution in [2.75, 3.05) is 0 Å². The highest BCUT2D eigenvalue weighted by molar-refractivity contribution is 9.09. The van der Waals surface area contributed by atoms with E-state index in [9.17, 15) is 5.11 Å². The summed E-state index contributed by atoms with van der Waals surface area (Å²) in [6.45, 7) is 0. The minimum absolute atomic E-state index is 0.0793. The number of alkyl halides is 1. The molecule has 4 unspecified atom stereocenters. The summed E-state index contributed by atoms with van der Waals surface area (Å²) in [7, 11) is 0. The van der Waals surface area contributed by atoms with Crippen molar-refractivity contribution in [3.8, 4) is 0 Å². The zero-order valence-electron chi connectivity index (χ0n) is 7.38. The van der Waals surface area contributed by atoms with Gasteiger partial charge in [0.1, 0.15) is 0 Å². The lowest BCUT2D eigenvalue weighted by Gasteiger charge is -2.40. The molecule has 4 atom stereocenters. The van der Waals surface area contributed by atoms with Crippen LogP contribution in [0.5, 0.6) is 0 Å². The van der Waals surface area contributed by atoms with Crippen LogP contribution in [0.1, 0.15) is 38.5 Å². The fourth-order valence-corrected chi connectivity index (χ4v) is 3.51. The molecular formula is C10H17BrO. The standard InChI is InChI=1S/C10H17BrO/c11-9-5-7-3-1-2-4-8(7)6-10(9)12/h7-10,12H,1-6H2. The Morgan fingerprint density at radius 1 is 1.00 bits per heavy atom. The summed E-state index contributed by atoms with van der Waals surface area (Å²) in [6.07, 6.45) is 7.73.